The molecule has 0 N–H and O–H groups in total. The summed E-state index contributed by atoms with van der Waals surface area (Å²) in [4.78, 5) is 0.933. The summed E-state index contributed by atoms with van der Waals surface area (Å²) >= 11 is 4.92. The molecule has 86 valence electrons. The maximum atomic E-state index is 12.2. The Labute approximate surface area is 108 Å². The Kier molecular flexibility index (Phi) is 3.47. The van der Waals surface area contributed by atoms with E-state index in [9.17, 15) is 8.42 Å². The van der Waals surface area contributed by atoms with E-state index in [1.54, 1.807) is 23.9 Å². The molecule has 0 aromatic heterocycles. The second-order valence-electron chi connectivity index (χ2n) is 3.41. The molecule has 0 aliphatic carbocycles. The van der Waals surface area contributed by atoms with Crippen molar-refractivity contribution < 1.29 is 8.42 Å². The maximum Gasteiger partial charge on any atom is 0.205 e. The summed E-state index contributed by atoms with van der Waals surface area (Å²) in [6.45, 7) is 2.02. The second kappa shape index (κ2) is 4.55. The van der Waals surface area contributed by atoms with Gasteiger partial charge in [0.05, 0.1) is 9.80 Å². The second-order valence-corrected chi connectivity index (χ2v) is 7.48. The summed E-state index contributed by atoms with van der Waals surface area (Å²) in [5, 5.41) is 0. The molecule has 1 aliphatic heterocycles. The van der Waals surface area contributed by atoms with Crippen LogP contribution in [0.3, 0.4) is 0 Å². The molecule has 0 unspecified atom stereocenters. The molecule has 1 aromatic carbocycles. The lowest BCUT2D eigenvalue weighted by Crippen LogP contribution is -2.03. The van der Waals surface area contributed by atoms with Crippen LogP contribution in [0.1, 0.15) is 12.5 Å². The number of benzene rings is 1. The summed E-state index contributed by atoms with van der Waals surface area (Å²) < 4.78 is 25.0. The van der Waals surface area contributed by atoms with Crippen molar-refractivity contribution in [3.05, 3.63) is 33.1 Å². The SMILES string of the molecule is CCSCC1=Cc2cccc(Br)c2S1(=O)=O. The van der Waals surface area contributed by atoms with E-state index in [-0.39, 0.29) is 0 Å². The number of rotatable bonds is 3. The predicted molar refractivity (Wildman–Crippen MR) is 72.3 cm³/mol. The van der Waals surface area contributed by atoms with Crippen LogP contribution < -0.4 is 0 Å². The molecule has 2 nitrogen and oxygen atoms in total. The van der Waals surface area contributed by atoms with Crippen molar-refractivity contribution in [1.82, 2.24) is 0 Å². The zero-order valence-corrected chi connectivity index (χ0v) is 12.0. The zero-order chi connectivity index (χ0) is 11.8. The highest BCUT2D eigenvalue weighted by Crippen LogP contribution is 2.38. The Morgan fingerprint density at radius 2 is 2.12 bits per heavy atom. The van der Waals surface area contributed by atoms with E-state index in [0.717, 1.165) is 11.3 Å². The van der Waals surface area contributed by atoms with Crippen LogP contribution in [-0.2, 0) is 9.84 Å². The minimum atomic E-state index is -3.26. The van der Waals surface area contributed by atoms with E-state index in [2.05, 4.69) is 15.9 Å². The fourth-order valence-corrected chi connectivity index (χ4v) is 5.31. The van der Waals surface area contributed by atoms with Crippen molar-refractivity contribution >= 4 is 43.6 Å². The molecular weight excluding hydrogens is 308 g/mol. The molecule has 0 saturated heterocycles. The van der Waals surface area contributed by atoms with Crippen LogP contribution in [0.15, 0.2) is 32.5 Å². The van der Waals surface area contributed by atoms with Gasteiger partial charge in [0.2, 0.25) is 9.84 Å². The Balaban J connectivity index is 2.48. The molecule has 1 aliphatic rings. The van der Waals surface area contributed by atoms with E-state index < -0.39 is 9.84 Å². The van der Waals surface area contributed by atoms with Gasteiger partial charge in [-0.15, -0.1) is 0 Å². The quantitative estimate of drug-likeness (QED) is 0.857. The van der Waals surface area contributed by atoms with Crippen LogP contribution in [0, 0.1) is 0 Å². The highest BCUT2D eigenvalue weighted by atomic mass is 79.9. The van der Waals surface area contributed by atoms with E-state index >= 15 is 0 Å². The lowest BCUT2D eigenvalue weighted by Gasteiger charge is -2.04. The van der Waals surface area contributed by atoms with Gasteiger partial charge in [0, 0.05) is 10.2 Å². The molecule has 0 spiro atoms. The predicted octanol–water partition coefficient (Wildman–Crippen LogP) is 3.33. The Hall–Kier alpha value is -0.260. The van der Waals surface area contributed by atoms with Crippen molar-refractivity contribution in [3.8, 4) is 0 Å². The van der Waals surface area contributed by atoms with Crippen molar-refractivity contribution in [2.24, 2.45) is 0 Å². The zero-order valence-electron chi connectivity index (χ0n) is 8.73. The smallest absolute Gasteiger partial charge is 0.205 e. The first-order chi connectivity index (χ1) is 7.57. The van der Waals surface area contributed by atoms with Crippen LogP contribution in [-0.4, -0.2) is 19.9 Å². The summed E-state index contributed by atoms with van der Waals surface area (Å²) in [5.74, 6) is 1.48. The molecule has 0 amide bonds. The normalized spacial score (nSPS) is 17.0. The highest BCUT2D eigenvalue weighted by molar-refractivity contribution is 9.10. The first-order valence-electron chi connectivity index (χ1n) is 4.89. The monoisotopic (exact) mass is 318 g/mol. The van der Waals surface area contributed by atoms with Crippen LogP contribution >= 0.6 is 27.7 Å². The molecule has 1 aromatic rings. The first-order valence-corrected chi connectivity index (χ1v) is 8.32. The molecule has 0 fully saturated rings. The first kappa shape index (κ1) is 12.2. The number of sulfone groups is 1. The number of fused-ring (bicyclic) bond motifs is 1. The fraction of sp³-hybridized carbons (Fsp3) is 0.273. The number of halogens is 1. The van der Waals surface area contributed by atoms with Gasteiger partial charge in [0.15, 0.2) is 0 Å². The molecule has 2 rings (SSSR count). The fourth-order valence-electron chi connectivity index (χ4n) is 1.63. The molecule has 0 radical (unpaired) electrons. The number of hydrogen-bond acceptors (Lipinski definition) is 3. The Morgan fingerprint density at radius 3 is 2.75 bits per heavy atom. The van der Waals surface area contributed by atoms with Crippen LogP contribution in [0.4, 0.5) is 0 Å². The Bertz CT molecular complexity index is 547. The lowest BCUT2D eigenvalue weighted by molar-refractivity contribution is 0.603. The van der Waals surface area contributed by atoms with Crippen molar-refractivity contribution in [1.29, 1.82) is 0 Å². The standard InChI is InChI=1S/C11H11BrO2S2/c1-2-15-7-9-6-8-4-3-5-10(12)11(8)16(9,13)14/h3-6H,2,7H2,1H3. The third-order valence-corrected chi connectivity index (χ3v) is 6.35. The van der Waals surface area contributed by atoms with E-state index in [0.29, 0.717) is 20.0 Å². The van der Waals surface area contributed by atoms with Crippen molar-refractivity contribution in [3.63, 3.8) is 0 Å². The third-order valence-electron chi connectivity index (χ3n) is 2.38. The third kappa shape index (κ3) is 1.96. The maximum absolute atomic E-state index is 12.2. The van der Waals surface area contributed by atoms with Gasteiger partial charge in [0.25, 0.3) is 0 Å². The van der Waals surface area contributed by atoms with Gasteiger partial charge in [-0.2, -0.15) is 11.8 Å². The Morgan fingerprint density at radius 1 is 1.38 bits per heavy atom. The number of hydrogen-bond donors (Lipinski definition) is 0. The van der Waals surface area contributed by atoms with Gasteiger partial charge in [-0.1, -0.05) is 19.1 Å². The summed E-state index contributed by atoms with van der Waals surface area (Å²) in [6, 6.07) is 5.45. The van der Waals surface area contributed by atoms with Gasteiger partial charge in [-0.3, -0.25) is 0 Å². The average molecular weight is 319 g/mol. The summed E-state index contributed by atoms with van der Waals surface area (Å²) in [7, 11) is -3.26. The van der Waals surface area contributed by atoms with Crippen molar-refractivity contribution in [2.45, 2.75) is 11.8 Å². The van der Waals surface area contributed by atoms with Gasteiger partial charge < -0.3 is 0 Å². The molecule has 16 heavy (non-hydrogen) atoms. The summed E-state index contributed by atoms with van der Waals surface area (Å²) in [5.41, 5.74) is 0.793. The van der Waals surface area contributed by atoms with Crippen LogP contribution in [0.25, 0.3) is 6.08 Å². The van der Waals surface area contributed by atoms with Gasteiger partial charge in [0.1, 0.15) is 0 Å². The minimum Gasteiger partial charge on any atom is -0.219 e. The van der Waals surface area contributed by atoms with E-state index in [1.807, 2.05) is 19.1 Å². The summed E-state index contributed by atoms with van der Waals surface area (Å²) in [6.07, 6.45) is 1.78. The van der Waals surface area contributed by atoms with E-state index in [4.69, 9.17) is 0 Å². The highest BCUT2D eigenvalue weighted by Gasteiger charge is 2.30. The van der Waals surface area contributed by atoms with Gasteiger partial charge in [-0.25, -0.2) is 8.42 Å². The van der Waals surface area contributed by atoms with Gasteiger partial charge >= 0.3 is 0 Å². The molecular formula is C11H11BrO2S2. The molecule has 0 atom stereocenters. The average Bonchev–Trinajstić information content (AvgIpc) is 2.48. The van der Waals surface area contributed by atoms with Crippen LogP contribution in [0.2, 0.25) is 0 Å². The van der Waals surface area contributed by atoms with Crippen LogP contribution in [0.5, 0.6) is 0 Å². The molecule has 5 heteroatoms. The van der Waals surface area contributed by atoms with E-state index in [1.165, 1.54) is 0 Å². The van der Waals surface area contributed by atoms with Gasteiger partial charge in [-0.05, 0) is 39.4 Å². The topological polar surface area (TPSA) is 34.1 Å². The largest absolute Gasteiger partial charge is 0.219 e. The number of thioether (sulfide) groups is 1. The lowest BCUT2D eigenvalue weighted by atomic mass is 10.2. The molecule has 0 saturated carbocycles. The minimum absolute atomic E-state index is 0.418. The molecule has 1 heterocycles. The van der Waals surface area contributed by atoms with Crippen molar-refractivity contribution in [2.75, 3.05) is 11.5 Å². The molecule has 0 bridgehead atoms.